The van der Waals surface area contributed by atoms with Gasteiger partial charge in [0.15, 0.2) is 0 Å². The Morgan fingerprint density at radius 3 is 0.888 bits per heavy atom. The van der Waals surface area contributed by atoms with Gasteiger partial charge in [0.1, 0.15) is 22.3 Å². The van der Waals surface area contributed by atoms with E-state index < -0.39 is 558 Å². The summed E-state index contributed by atoms with van der Waals surface area (Å²) in [6, 6.07) is -54.6. The summed E-state index contributed by atoms with van der Waals surface area (Å²) in [7, 11) is 0. The maximum absolute atomic E-state index is 9.95. The lowest BCUT2D eigenvalue weighted by Crippen LogP contribution is -1.92. The summed E-state index contributed by atoms with van der Waals surface area (Å²) in [6.45, 7) is 0. The molecule has 2 nitrogen and oxygen atoms in total. The predicted octanol–water partition coefficient (Wildman–Crippen LogP) is 27.6. The van der Waals surface area contributed by atoms with Crippen LogP contribution in [0.25, 0.3) is 208 Å². The Labute approximate surface area is 646 Å². The van der Waals surface area contributed by atoms with Crippen molar-refractivity contribution in [1.82, 2.24) is 0 Å². The molecule has 0 saturated carbocycles. The molecule has 2 aromatic heterocycles. The fraction of sp³-hybridized carbons (Fsp3) is 0. The summed E-state index contributed by atoms with van der Waals surface area (Å²) in [5, 5.41) is -14.6. The van der Waals surface area contributed by atoms with Crippen molar-refractivity contribution in [3.63, 3.8) is 0 Å². The normalized spacial score (nSPS) is 20.2. The maximum Gasteiger partial charge on any atom is 0.136 e. The Bertz CT molecular complexity index is 10300. The van der Waals surface area contributed by atoms with Crippen molar-refractivity contribution in [1.29, 1.82) is 0 Å². The van der Waals surface area contributed by atoms with E-state index in [0.717, 1.165) is 0 Å². The van der Waals surface area contributed by atoms with Crippen LogP contribution in [0, 0.1) is 0 Å². The SMILES string of the molecule is [2H]c1c(-c2c3c([2H])c([2H])c([2H])c([2H])c3c(-c3c([2H])c([2H])c(-c4c([2H])c([2H])c([2H])c5c([2H])c([2H])c([2H])c([2H])c45)c4c([2H])c([2H])c([2H])c([2H])c34)c3c([2H])c([2H])c([2H])c([2H])c23)c([2H])c2c(oc3c([2H])c4c([2H])c([2H])c([2H])c([2H])c4c([2H])c32)c1[2H].[2H]c1c([2H])c([2H])c(-c2c([2H])c([2H])c(-c3c4c([2H])c([2H])c([2H])c([2H])c4c(-c4c([2H])c([2H])c5oc6c([2H])c7c([2H])c([2H])c([2H])c([2H])c7c([2H])c6c5c4[2H])c4c([2H])c([2H])c([2H])c([2H])c34)c3c([2H])c([2H])c([2H])c([2H])c23)c([2H])c1[2H]. The number of hydrogen-bond donors (Lipinski definition) is 0. The summed E-state index contributed by atoms with van der Waals surface area (Å²) in [5.41, 5.74) is -11.8. The van der Waals surface area contributed by atoms with Gasteiger partial charge < -0.3 is 8.83 Å². The smallest absolute Gasteiger partial charge is 0.136 e. The molecule has 0 unspecified atom stereocenters. The average Bonchev–Trinajstić information content (AvgIpc) is 1.04. The molecule has 0 aliphatic heterocycles. The third-order valence-corrected chi connectivity index (χ3v) is 16.3. The molecule has 0 radical (unpaired) electrons. The van der Waals surface area contributed by atoms with Gasteiger partial charge in [0.25, 0.3) is 0 Å². The van der Waals surface area contributed by atoms with E-state index in [4.69, 9.17) is 54.1 Å². The molecule has 0 atom stereocenters. The molecule has 454 valence electrons. The van der Waals surface area contributed by atoms with E-state index in [9.17, 15) is 34.3 Å². The lowest BCUT2D eigenvalue weighted by Gasteiger charge is -2.20. The summed E-state index contributed by atoms with van der Waals surface area (Å²) in [5.74, 6) is 0. The Kier molecular flexibility index (Phi) is 5.24. The minimum atomic E-state index is -1.14. The molecule has 0 spiro atoms. The van der Waals surface area contributed by atoms with Crippen molar-refractivity contribution in [3.8, 4) is 66.8 Å². The first kappa shape index (κ1) is 22.9. The summed E-state index contributed by atoms with van der Waals surface area (Å²) >= 11 is 0. The first-order valence-corrected chi connectivity index (χ1v) is 29.1. The zero-order chi connectivity index (χ0) is 115. The lowest BCUT2D eigenvalue weighted by molar-refractivity contribution is 0.669. The predicted molar refractivity (Wildman–Crippen MR) is 418 cm³/mol. The molecular formula is C96H58O2. The van der Waals surface area contributed by atoms with E-state index in [0.29, 0.717) is 0 Å². The van der Waals surface area contributed by atoms with Gasteiger partial charge in [-0.05, 0) is 212 Å². The van der Waals surface area contributed by atoms with E-state index in [1.54, 1.807) is 0 Å². The van der Waals surface area contributed by atoms with Crippen molar-refractivity contribution in [2.75, 3.05) is 0 Å². The number of benzene rings is 19. The molecule has 0 N–H and O–H groups in total. The Morgan fingerprint density at radius 1 is 0.153 bits per heavy atom. The van der Waals surface area contributed by atoms with Crippen LogP contribution in [-0.4, -0.2) is 0 Å². The van der Waals surface area contributed by atoms with Crippen LogP contribution in [0.5, 0.6) is 0 Å². The average molecular weight is 1300 g/mol. The highest BCUT2D eigenvalue weighted by atomic mass is 16.3. The molecule has 19 aromatic carbocycles. The molecule has 2 heterocycles. The van der Waals surface area contributed by atoms with Crippen LogP contribution in [-0.2, 0) is 0 Å². The molecule has 98 heavy (non-hydrogen) atoms. The van der Waals surface area contributed by atoms with Gasteiger partial charge >= 0.3 is 0 Å². The van der Waals surface area contributed by atoms with Gasteiger partial charge in [-0.3, -0.25) is 0 Å². The van der Waals surface area contributed by atoms with Gasteiger partial charge in [0, 0.05) is 21.5 Å². The van der Waals surface area contributed by atoms with Crippen LogP contribution < -0.4 is 0 Å². The van der Waals surface area contributed by atoms with E-state index in [1.807, 2.05) is 0 Å². The highest BCUT2D eigenvalue weighted by molar-refractivity contribution is 6.27. The number of hydrogen-bond acceptors (Lipinski definition) is 2. The monoisotopic (exact) mass is 1300 g/mol. The second kappa shape index (κ2) is 22.4. The minimum absolute atomic E-state index is 0.454. The maximum atomic E-state index is 9.95. The Balaban J connectivity index is 0.000000188. The standard InChI is InChI=1S/C50H30O.C46H28O/c1-2-14-33-30-48-46(28-32(33)13-1)45-29-34(24-27-47(45)51-48)49-40-19-7-9-21-42(40)50(43-22-10-8-20-41(43)49)44-26-25-39(37-17-5-6-18-38(37)44)36-23-11-15-31-12-3-4-16-35(31)36;1-2-12-29(13-3-1)33-23-24-40(35-17-7-6-16-34(33)35)46-38-20-10-8-18-36(38)45(37-19-9-11-21-39(37)46)32-22-25-43-41(27-32)42-26-30-14-4-5-15-31(30)28-44(42)47-43/h1-30H;1-28H/i1D,2D,3D,4D,5D,6D,7D,8D,9D,10D,11D,12D,13D,14D,15D,16D,17D,18D,19D,20D,21D,22D,23D,24D,25D,26D,27D,28D,29D,30D;1D,2D,3D,4D,5D,6D,7D,8D,9D,10D,11D,12D,13D,14D,15D,16D,17D,18D,19D,20D,21D,22D,23D,24D,25D,26D,27D,28D. The number of rotatable bonds is 6. The first-order chi connectivity index (χ1) is 72.8. The zero-order valence-corrected chi connectivity index (χ0v) is 48.8. The second-order valence-electron chi connectivity index (χ2n) is 21.5. The van der Waals surface area contributed by atoms with Crippen molar-refractivity contribution < 1.29 is 88.3 Å². The van der Waals surface area contributed by atoms with Crippen molar-refractivity contribution in [2.45, 2.75) is 0 Å². The van der Waals surface area contributed by atoms with Crippen LogP contribution in [0.2, 0.25) is 0 Å². The van der Waals surface area contributed by atoms with Gasteiger partial charge in [-0.15, -0.1) is 0 Å². The summed E-state index contributed by atoms with van der Waals surface area (Å²) < 4.78 is 538. The van der Waals surface area contributed by atoms with Crippen molar-refractivity contribution in [2.24, 2.45) is 0 Å². The molecule has 21 aromatic rings. The van der Waals surface area contributed by atoms with Crippen LogP contribution in [0.1, 0.15) is 79.5 Å². The van der Waals surface area contributed by atoms with Gasteiger partial charge in [0.05, 0.1) is 79.5 Å². The molecule has 0 saturated heterocycles. The molecule has 2 heteroatoms. The molecule has 0 aliphatic rings. The van der Waals surface area contributed by atoms with Gasteiger partial charge in [-0.2, -0.15) is 0 Å². The molecule has 0 bridgehead atoms. The van der Waals surface area contributed by atoms with Crippen LogP contribution in [0.4, 0.5) is 0 Å². The second-order valence-corrected chi connectivity index (χ2v) is 21.5. The third kappa shape index (κ3) is 8.82. The van der Waals surface area contributed by atoms with E-state index >= 15 is 0 Å². The highest BCUT2D eigenvalue weighted by Gasteiger charge is 2.23. The summed E-state index contributed by atoms with van der Waals surface area (Å²) in [4.78, 5) is 0. The number of fused-ring (bicyclic) bond motifs is 15. The Morgan fingerprint density at radius 2 is 0.449 bits per heavy atom. The van der Waals surface area contributed by atoms with E-state index in [2.05, 4.69) is 0 Å². The van der Waals surface area contributed by atoms with E-state index in [-0.39, 0.29) is 0 Å². The lowest BCUT2D eigenvalue weighted by atomic mass is 9.83. The van der Waals surface area contributed by atoms with Crippen LogP contribution in [0.3, 0.4) is 0 Å². The van der Waals surface area contributed by atoms with Crippen LogP contribution >= 0.6 is 0 Å². The summed E-state index contributed by atoms with van der Waals surface area (Å²) in [6.07, 6.45) is 0. The fourth-order valence-electron chi connectivity index (χ4n) is 12.2. The molecule has 0 aliphatic carbocycles. The van der Waals surface area contributed by atoms with E-state index in [1.165, 1.54) is 0 Å². The quantitative estimate of drug-likeness (QED) is 0.155. The van der Waals surface area contributed by atoms with Gasteiger partial charge in [-0.25, -0.2) is 0 Å². The number of furan rings is 2. The zero-order valence-electron chi connectivity index (χ0n) is 107. The van der Waals surface area contributed by atoms with Gasteiger partial charge in [0.2, 0.25) is 0 Å². The van der Waals surface area contributed by atoms with Crippen molar-refractivity contribution >= 4 is 141 Å². The Hall–Kier alpha value is -12.9. The van der Waals surface area contributed by atoms with Gasteiger partial charge in [-0.1, -0.05) is 302 Å². The minimum Gasteiger partial charge on any atom is -0.456 e. The van der Waals surface area contributed by atoms with Crippen molar-refractivity contribution in [3.05, 3.63) is 350 Å². The largest absolute Gasteiger partial charge is 0.456 e. The fourth-order valence-corrected chi connectivity index (χ4v) is 12.2. The highest BCUT2D eigenvalue weighted by Crippen LogP contribution is 2.50. The third-order valence-electron chi connectivity index (χ3n) is 16.3. The molecule has 0 fully saturated rings. The topological polar surface area (TPSA) is 26.3 Å². The molecule has 21 rings (SSSR count). The first-order valence-electron chi connectivity index (χ1n) is 58.1. The van der Waals surface area contributed by atoms with Crippen LogP contribution in [0.15, 0.2) is 359 Å². The molecule has 0 amide bonds. The molecular weight excluding hydrogens is 1190 g/mol.